The maximum absolute atomic E-state index is 10.7. The van der Waals surface area contributed by atoms with Crippen molar-refractivity contribution in [1.82, 2.24) is 4.98 Å². The van der Waals surface area contributed by atoms with E-state index in [4.69, 9.17) is 5.11 Å². The van der Waals surface area contributed by atoms with E-state index < -0.39 is 5.97 Å². The molecular formula is C13H17NO2. The number of nitrogens with zero attached hydrogens (tertiary/aromatic N) is 1. The highest BCUT2D eigenvalue weighted by atomic mass is 16.4. The summed E-state index contributed by atoms with van der Waals surface area (Å²) in [6.07, 6.45) is 5.58. The summed E-state index contributed by atoms with van der Waals surface area (Å²) in [5.74, 6) is -0.801. The van der Waals surface area contributed by atoms with Crippen molar-refractivity contribution in [2.45, 2.75) is 45.4 Å². The molecule has 3 nitrogen and oxygen atoms in total. The highest BCUT2D eigenvalue weighted by Crippen LogP contribution is 2.24. The Kier molecular flexibility index (Phi) is 3.22. The molecule has 3 heteroatoms. The van der Waals surface area contributed by atoms with Gasteiger partial charge in [-0.25, -0.2) is 0 Å². The fraction of sp³-hybridized carbons (Fsp3) is 0.538. The molecule has 0 aliphatic heterocycles. The van der Waals surface area contributed by atoms with E-state index in [0.29, 0.717) is 5.69 Å². The summed E-state index contributed by atoms with van der Waals surface area (Å²) in [6, 6.07) is 1.99. The van der Waals surface area contributed by atoms with Crippen LogP contribution in [0.3, 0.4) is 0 Å². The predicted octanol–water partition coefficient (Wildman–Crippen LogP) is 2.15. The zero-order valence-electron chi connectivity index (χ0n) is 9.62. The van der Waals surface area contributed by atoms with Gasteiger partial charge in [-0.2, -0.15) is 0 Å². The smallest absolute Gasteiger partial charge is 0.309 e. The molecule has 0 saturated carbocycles. The summed E-state index contributed by atoms with van der Waals surface area (Å²) in [5, 5.41) is 8.79. The van der Waals surface area contributed by atoms with Crippen LogP contribution in [-0.2, 0) is 30.5 Å². The van der Waals surface area contributed by atoms with Crippen molar-refractivity contribution in [3.05, 3.63) is 28.6 Å². The van der Waals surface area contributed by atoms with Crippen molar-refractivity contribution in [1.29, 1.82) is 0 Å². The first-order valence-electron chi connectivity index (χ1n) is 5.93. The molecule has 0 unspecified atom stereocenters. The Bertz CT molecular complexity index is 395. The molecule has 0 amide bonds. The monoisotopic (exact) mass is 219 g/mol. The van der Waals surface area contributed by atoms with Gasteiger partial charge in [0.05, 0.1) is 12.1 Å². The van der Waals surface area contributed by atoms with Gasteiger partial charge in [0.15, 0.2) is 0 Å². The van der Waals surface area contributed by atoms with Gasteiger partial charge in [0, 0.05) is 5.69 Å². The second-order valence-electron chi connectivity index (χ2n) is 4.33. The summed E-state index contributed by atoms with van der Waals surface area (Å²) >= 11 is 0. The van der Waals surface area contributed by atoms with Crippen LogP contribution in [0, 0.1) is 0 Å². The second kappa shape index (κ2) is 4.64. The quantitative estimate of drug-likeness (QED) is 0.847. The van der Waals surface area contributed by atoms with Crippen LogP contribution in [-0.4, -0.2) is 16.1 Å². The van der Waals surface area contributed by atoms with Crippen LogP contribution < -0.4 is 0 Å². The molecule has 1 aliphatic rings. The average Bonchev–Trinajstić information content (AvgIpc) is 2.27. The van der Waals surface area contributed by atoms with Crippen molar-refractivity contribution in [2.75, 3.05) is 0 Å². The number of pyridine rings is 1. The Balaban J connectivity index is 2.39. The lowest BCUT2D eigenvalue weighted by Crippen LogP contribution is -2.12. The molecule has 1 heterocycles. The number of aliphatic carboxylic acids is 1. The number of carboxylic acid groups (broad SMARTS) is 1. The number of hydrogen-bond donors (Lipinski definition) is 1. The molecule has 1 aromatic rings. The fourth-order valence-electron chi connectivity index (χ4n) is 2.43. The van der Waals surface area contributed by atoms with Gasteiger partial charge >= 0.3 is 5.97 Å². The van der Waals surface area contributed by atoms with Gasteiger partial charge in [-0.1, -0.05) is 6.92 Å². The first-order chi connectivity index (χ1) is 7.70. The van der Waals surface area contributed by atoms with Crippen molar-refractivity contribution in [2.24, 2.45) is 0 Å². The summed E-state index contributed by atoms with van der Waals surface area (Å²) in [4.78, 5) is 15.2. The molecule has 1 N–H and O–H groups in total. The molecule has 1 aromatic heterocycles. The summed E-state index contributed by atoms with van der Waals surface area (Å²) in [6.45, 7) is 2.09. The van der Waals surface area contributed by atoms with E-state index in [1.165, 1.54) is 24.0 Å². The Hall–Kier alpha value is -1.38. The first-order valence-corrected chi connectivity index (χ1v) is 5.93. The van der Waals surface area contributed by atoms with Crippen LogP contribution in [0.5, 0.6) is 0 Å². The normalized spacial score (nSPS) is 14.6. The maximum Gasteiger partial charge on any atom is 0.309 e. The van der Waals surface area contributed by atoms with E-state index in [1.807, 2.05) is 6.07 Å². The molecule has 86 valence electrons. The van der Waals surface area contributed by atoms with Gasteiger partial charge in [0.2, 0.25) is 0 Å². The average molecular weight is 219 g/mol. The SMILES string of the molecule is CCc1nc(CC(=O)O)cc2c1CCCC2. The van der Waals surface area contributed by atoms with E-state index >= 15 is 0 Å². The number of aromatic nitrogens is 1. The van der Waals surface area contributed by atoms with E-state index in [2.05, 4.69) is 11.9 Å². The number of hydrogen-bond acceptors (Lipinski definition) is 2. The standard InChI is InChI=1S/C13H17NO2/c1-2-12-11-6-4-3-5-9(11)7-10(14-12)8-13(15)16/h7H,2-6,8H2,1H3,(H,15,16). The lowest BCUT2D eigenvalue weighted by atomic mass is 9.89. The van der Waals surface area contributed by atoms with Gasteiger partial charge in [-0.3, -0.25) is 9.78 Å². The summed E-state index contributed by atoms with van der Waals surface area (Å²) in [7, 11) is 0. The van der Waals surface area contributed by atoms with Crippen LogP contribution in [0.1, 0.15) is 42.3 Å². The van der Waals surface area contributed by atoms with E-state index in [-0.39, 0.29) is 6.42 Å². The van der Waals surface area contributed by atoms with Gasteiger partial charge in [-0.05, 0) is 49.3 Å². The molecule has 0 atom stereocenters. The molecular weight excluding hydrogens is 202 g/mol. The predicted molar refractivity (Wildman–Crippen MR) is 61.6 cm³/mol. The Morgan fingerprint density at radius 1 is 1.44 bits per heavy atom. The van der Waals surface area contributed by atoms with Gasteiger partial charge < -0.3 is 5.11 Å². The largest absolute Gasteiger partial charge is 0.481 e. The topological polar surface area (TPSA) is 50.2 Å². The van der Waals surface area contributed by atoms with Crippen LogP contribution in [0.4, 0.5) is 0 Å². The number of rotatable bonds is 3. The lowest BCUT2D eigenvalue weighted by Gasteiger charge is -2.19. The highest BCUT2D eigenvalue weighted by Gasteiger charge is 2.15. The number of carboxylic acids is 1. The van der Waals surface area contributed by atoms with Crippen LogP contribution >= 0.6 is 0 Å². The minimum Gasteiger partial charge on any atom is -0.481 e. The minimum atomic E-state index is -0.801. The van der Waals surface area contributed by atoms with Crippen molar-refractivity contribution in [3.63, 3.8) is 0 Å². The number of carbonyl (C=O) groups is 1. The first kappa shape index (κ1) is 11.1. The van der Waals surface area contributed by atoms with Crippen molar-refractivity contribution >= 4 is 5.97 Å². The lowest BCUT2D eigenvalue weighted by molar-refractivity contribution is -0.136. The molecule has 0 fully saturated rings. The molecule has 2 rings (SSSR count). The summed E-state index contributed by atoms with van der Waals surface area (Å²) in [5.41, 5.74) is 4.52. The molecule has 0 bridgehead atoms. The Morgan fingerprint density at radius 3 is 2.88 bits per heavy atom. The highest BCUT2D eigenvalue weighted by molar-refractivity contribution is 5.69. The van der Waals surface area contributed by atoms with Gasteiger partial charge in [0.25, 0.3) is 0 Å². The third-order valence-electron chi connectivity index (χ3n) is 3.15. The fourth-order valence-corrected chi connectivity index (χ4v) is 2.43. The van der Waals surface area contributed by atoms with Gasteiger partial charge in [-0.15, -0.1) is 0 Å². The molecule has 1 aliphatic carbocycles. The van der Waals surface area contributed by atoms with Crippen LogP contribution in [0.25, 0.3) is 0 Å². The third-order valence-corrected chi connectivity index (χ3v) is 3.15. The molecule has 0 aromatic carbocycles. The maximum atomic E-state index is 10.7. The van der Waals surface area contributed by atoms with E-state index in [9.17, 15) is 4.79 Å². The second-order valence-corrected chi connectivity index (χ2v) is 4.33. The third kappa shape index (κ3) is 2.23. The van der Waals surface area contributed by atoms with Crippen molar-refractivity contribution in [3.8, 4) is 0 Å². The zero-order valence-corrected chi connectivity index (χ0v) is 9.62. The number of fused-ring (bicyclic) bond motifs is 1. The van der Waals surface area contributed by atoms with Crippen LogP contribution in [0.15, 0.2) is 6.07 Å². The molecule has 16 heavy (non-hydrogen) atoms. The van der Waals surface area contributed by atoms with E-state index in [0.717, 1.165) is 25.0 Å². The molecule has 0 radical (unpaired) electrons. The van der Waals surface area contributed by atoms with E-state index in [1.54, 1.807) is 0 Å². The number of aryl methyl sites for hydroxylation is 2. The Morgan fingerprint density at radius 2 is 2.19 bits per heavy atom. The summed E-state index contributed by atoms with van der Waals surface area (Å²) < 4.78 is 0. The van der Waals surface area contributed by atoms with Gasteiger partial charge in [0.1, 0.15) is 0 Å². The minimum absolute atomic E-state index is 0.0419. The van der Waals surface area contributed by atoms with Crippen molar-refractivity contribution < 1.29 is 9.90 Å². The molecule has 0 saturated heterocycles. The Labute approximate surface area is 95.5 Å². The molecule has 0 spiro atoms. The van der Waals surface area contributed by atoms with Crippen LogP contribution in [0.2, 0.25) is 0 Å². The zero-order chi connectivity index (χ0) is 11.5.